The predicted octanol–water partition coefficient (Wildman–Crippen LogP) is 0.386. The molecule has 2 rings (SSSR count). The summed E-state index contributed by atoms with van der Waals surface area (Å²) in [6, 6.07) is 8.06. The Morgan fingerprint density at radius 2 is 2.11 bits per heavy atom. The minimum absolute atomic E-state index is 0.291. The van der Waals surface area contributed by atoms with Gasteiger partial charge in [0.2, 0.25) is 0 Å². The van der Waals surface area contributed by atoms with Crippen LogP contribution in [0.5, 0.6) is 0 Å². The predicted molar refractivity (Wildman–Crippen MR) is 57.9 cm³/mol. The lowest BCUT2D eigenvalue weighted by molar-refractivity contribution is -0.543. The molecule has 8 heteroatoms. The van der Waals surface area contributed by atoms with Crippen LogP contribution in [0.15, 0.2) is 30.3 Å². The van der Waals surface area contributed by atoms with Gasteiger partial charge in [0.25, 0.3) is 5.91 Å². The van der Waals surface area contributed by atoms with E-state index in [1.54, 1.807) is 18.2 Å². The third-order valence-corrected chi connectivity index (χ3v) is 2.35. The van der Waals surface area contributed by atoms with Crippen molar-refractivity contribution in [3.63, 3.8) is 0 Å². The quantitative estimate of drug-likeness (QED) is 0.618. The van der Waals surface area contributed by atoms with Crippen LogP contribution in [-0.2, 0) is 4.74 Å². The molecule has 0 aromatic heterocycles. The van der Waals surface area contributed by atoms with E-state index in [0.717, 1.165) is 0 Å². The van der Waals surface area contributed by atoms with E-state index >= 15 is 0 Å². The van der Waals surface area contributed by atoms with Gasteiger partial charge in [-0.1, -0.05) is 18.2 Å². The molecule has 18 heavy (non-hydrogen) atoms. The molecule has 1 N–H and O–H groups in total. The summed E-state index contributed by atoms with van der Waals surface area (Å²) in [7, 11) is 0. The number of ether oxygens (including phenoxy) is 1. The second-order valence-corrected chi connectivity index (χ2v) is 3.52. The number of nitrogens with zero attached hydrogens (tertiary/aromatic N) is 2. The lowest BCUT2D eigenvalue weighted by atomic mass is 10.2. The van der Waals surface area contributed by atoms with Crippen LogP contribution >= 0.6 is 0 Å². The van der Waals surface area contributed by atoms with Crippen LogP contribution in [0.4, 0.5) is 4.79 Å². The molecule has 0 bridgehead atoms. The number of cyclic esters (lactones) is 1. The SMILES string of the molecule is O=C(NN1C(=O)OCC1[N+](=O)[O-])c1ccccc1. The number of nitro groups is 1. The summed E-state index contributed by atoms with van der Waals surface area (Å²) < 4.78 is 4.51. The number of benzene rings is 1. The fourth-order valence-corrected chi connectivity index (χ4v) is 1.45. The molecular weight excluding hydrogens is 242 g/mol. The monoisotopic (exact) mass is 251 g/mol. The fourth-order valence-electron chi connectivity index (χ4n) is 1.45. The van der Waals surface area contributed by atoms with Crippen LogP contribution in [0.2, 0.25) is 0 Å². The standard InChI is InChI=1S/C10H9N3O5/c14-9(7-4-2-1-3-5-7)11-12-8(13(16)17)6-18-10(12)15/h1-5,8H,6H2,(H,11,14). The highest BCUT2D eigenvalue weighted by atomic mass is 16.7. The lowest BCUT2D eigenvalue weighted by Gasteiger charge is -2.15. The third-order valence-electron chi connectivity index (χ3n) is 2.35. The Morgan fingerprint density at radius 3 is 2.72 bits per heavy atom. The number of carbonyl (C=O) groups is 2. The van der Waals surface area contributed by atoms with E-state index < -0.39 is 23.1 Å². The maximum atomic E-state index is 11.7. The largest absolute Gasteiger partial charge is 0.438 e. The zero-order chi connectivity index (χ0) is 13.1. The molecule has 2 amide bonds. The van der Waals surface area contributed by atoms with Gasteiger partial charge in [0.15, 0.2) is 6.61 Å². The Labute approximate surface area is 101 Å². The Bertz CT molecular complexity index is 490. The molecule has 1 aliphatic rings. The fraction of sp³-hybridized carbons (Fsp3) is 0.200. The first-order chi connectivity index (χ1) is 8.59. The van der Waals surface area contributed by atoms with Crippen molar-refractivity contribution in [2.75, 3.05) is 6.61 Å². The molecular formula is C10H9N3O5. The van der Waals surface area contributed by atoms with Crippen molar-refractivity contribution >= 4 is 12.0 Å². The van der Waals surface area contributed by atoms with E-state index in [1.807, 2.05) is 0 Å². The molecule has 1 fully saturated rings. The van der Waals surface area contributed by atoms with Crippen molar-refractivity contribution in [2.24, 2.45) is 0 Å². The number of hydrazine groups is 1. The summed E-state index contributed by atoms with van der Waals surface area (Å²) in [5.41, 5.74) is 2.45. The molecule has 1 aromatic carbocycles. The Morgan fingerprint density at radius 1 is 1.44 bits per heavy atom. The maximum Gasteiger partial charge on any atom is 0.434 e. The molecule has 0 radical (unpaired) electrons. The van der Waals surface area contributed by atoms with E-state index in [9.17, 15) is 19.7 Å². The lowest BCUT2D eigenvalue weighted by Crippen LogP contribution is -2.50. The molecule has 1 atom stereocenters. The molecule has 94 valence electrons. The van der Waals surface area contributed by atoms with Gasteiger partial charge in [-0.05, 0) is 12.1 Å². The van der Waals surface area contributed by atoms with Crippen LogP contribution in [0.25, 0.3) is 0 Å². The van der Waals surface area contributed by atoms with Crippen LogP contribution in [0.1, 0.15) is 10.4 Å². The van der Waals surface area contributed by atoms with Gasteiger partial charge in [0, 0.05) is 5.56 Å². The van der Waals surface area contributed by atoms with Crippen molar-refractivity contribution < 1.29 is 19.2 Å². The van der Waals surface area contributed by atoms with Crippen molar-refractivity contribution in [2.45, 2.75) is 6.17 Å². The number of hydrogen-bond acceptors (Lipinski definition) is 5. The van der Waals surface area contributed by atoms with Crippen LogP contribution in [-0.4, -0.2) is 34.7 Å². The van der Waals surface area contributed by atoms with E-state index in [4.69, 9.17) is 0 Å². The Hall–Kier alpha value is -2.64. The van der Waals surface area contributed by atoms with E-state index in [-0.39, 0.29) is 6.61 Å². The average molecular weight is 251 g/mol. The third kappa shape index (κ3) is 2.21. The molecule has 1 heterocycles. The highest BCUT2D eigenvalue weighted by molar-refractivity contribution is 5.95. The maximum absolute atomic E-state index is 11.7. The highest BCUT2D eigenvalue weighted by Gasteiger charge is 2.43. The molecule has 1 unspecified atom stereocenters. The minimum Gasteiger partial charge on any atom is -0.438 e. The molecule has 1 aromatic rings. The van der Waals surface area contributed by atoms with Crippen molar-refractivity contribution in [3.8, 4) is 0 Å². The molecule has 1 saturated heterocycles. The normalized spacial score (nSPS) is 18.3. The summed E-state index contributed by atoms with van der Waals surface area (Å²) in [5, 5.41) is 11.2. The summed E-state index contributed by atoms with van der Waals surface area (Å²) in [4.78, 5) is 32.9. The van der Waals surface area contributed by atoms with Gasteiger partial charge in [-0.3, -0.25) is 20.3 Å². The smallest absolute Gasteiger partial charge is 0.434 e. The van der Waals surface area contributed by atoms with Crippen LogP contribution < -0.4 is 5.43 Å². The topological polar surface area (TPSA) is 102 Å². The number of nitrogens with one attached hydrogen (secondary N) is 1. The average Bonchev–Trinajstić information content (AvgIpc) is 2.72. The van der Waals surface area contributed by atoms with Crippen molar-refractivity contribution in [1.82, 2.24) is 10.4 Å². The van der Waals surface area contributed by atoms with Crippen molar-refractivity contribution in [3.05, 3.63) is 46.0 Å². The minimum atomic E-state index is -1.40. The number of amides is 2. The number of rotatable bonds is 3. The van der Waals surface area contributed by atoms with Gasteiger partial charge >= 0.3 is 12.3 Å². The Kier molecular flexibility index (Phi) is 3.09. The first kappa shape index (κ1) is 11.8. The summed E-state index contributed by atoms with van der Waals surface area (Å²) in [5.74, 6) is -0.610. The first-order valence-electron chi connectivity index (χ1n) is 5.05. The zero-order valence-electron chi connectivity index (χ0n) is 9.11. The first-order valence-corrected chi connectivity index (χ1v) is 5.05. The molecule has 0 saturated carbocycles. The number of hydrogen-bond donors (Lipinski definition) is 1. The van der Waals surface area contributed by atoms with Gasteiger partial charge < -0.3 is 4.74 Å². The zero-order valence-corrected chi connectivity index (χ0v) is 9.11. The van der Waals surface area contributed by atoms with Crippen LogP contribution in [0.3, 0.4) is 0 Å². The van der Waals surface area contributed by atoms with Gasteiger partial charge in [-0.25, -0.2) is 4.79 Å². The van der Waals surface area contributed by atoms with Gasteiger partial charge in [0.1, 0.15) is 0 Å². The summed E-state index contributed by atoms with van der Waals surface area (Å²) >= 11 is 0. The van der Waals surface area contributed by atoms with E-state index in [2.05, 4.69) is 10.2 Å². The molecule has 8 nitrogen and oxygen atoms in total. The summed E-state index contributed by atoms with van der Waals surface area (Å²) in [6.07, 6.45) is -2.34. The van der Waals surface area contributed by atoms with E-state index in [1.165, 1.54) is 12.1 Å². The molecule has 0 spiro atoms. The second kappa shape index (κ2) is 4.70. The second-order valence-electron chi connectivity index (χ2n) is 3.52. The highest BCUT2D eigenvalue weighted by Crippen LogP contribution is 2.10. The summed E-state index contributed by atoms with van der Waals surface area (Å²) in [6.45, 7) is -0.388. The van der Waals surface area contributed by atoms with E-state index in [0.29, 0.717) is 10.6 Å². The molecule has 1 aliphatic heterocycles. The molecule has 0 aliphatic carbocycles. The van der Waals surface area contributed by atoms with Gasteiger partial charge in [-0.15, -0.1) is 5.01 Å². The van der Waals surface area contributed by atoms with Gasteiger partial charge in [0.05, 0.1) is 4.92 Å². The van der Waals surface area contributed by atoms with Crippen molar-refractivity contribution in [1.29, 1.82) is 0 Å². The number of carbonyl (C=O) groups excluding carboxylic acids is 2. The van der Waals surface area contributed by atoms with Crippen LogP contribution in [0, 0.1) is 10.1 Å². The Balaban J connectivity index is 2.11. The van der Waals surface area contributed by atoms with Gasteiger partial charge in [-0.2, -0.15) is 0 Å².